The largest absolute Gasteiger partial charge is 0.445 e. The highest BCUT2D eigenvalue weighted by molar-refractivity contribution is 8.00. The van der Waals surface area contributed by atoms with Crippen molar-refractivity contribution in [3.05, 3.63) is 126 Å². The van der Waals surface area contributed by atoms with Gasteiger partial charge in [-0.15, -0.1) is 22.5 Å². The van der Waals surface area contributed by atoms with Crippen LogP contribution < -0.4 is 15.6 Å². The number of nitrogen functional groups attached to an aromatic ring is 1. The molecule has 2 aliphatic heterocycles. The Morgan fingerprint density at radius 1 is 1.13 bits per heavy atom. The van der Waals surface area contributed by atoms with E-state index in [1.54, 1.807) is 11.5 Å². The molecular weight excluding hydrogens is 745 g/mol. The molecular formula is C35H36N6O9S3+2. The molecule has 0 bridgehead atoms. The van der Waals surface area contributed by atoms with Gasteiger partial charge in [0.2, 0.25) is 11.4 Å². The van der Waals surface area contributed by atoms with Crippen molar-refractivity contribution in [2.75, 3.05) is 18.6 Å². The summed E-state index contributed by atoms with van der Waals surface area (Å²) in [4.78, 5) is 50.9. The second-order valence-electron chi connectivity index (χ2n) is 11.5. The summed E-state index contributed by atoms with van der Waals surface area (Å²) in [5, 5.41) is 8.18. The van der Waals surface area contributed by atoms with Gasteiger partial charge in [0.1, 0.15) is 19.3 Å². The second kappa shape index (κ2) is 17.5. The molecule has 0 spiro atoms. The summed E-state index contributed by atoms with van der Waals surface area (Å²) in [5.74, 6) is -1.69. The van der Waals surface area contributed by atoms with Gasteiger partial charge in [0, 0.05) is 17.2 Å². The minimum Gasteiger partial charge on any atom is -0.445 e. The topological polar surface area (TPSA) is 203 Å². The van der Waals surface area contributed by atoms with Gasteiger partial charge in [-0.2, -0.15) is 8.42 Å². The van der Waals surface area contributed by atoms with Crippen LogP contribution in [0.5, 0.6) is 0 Å². The number of aromatic nitrogens is 2. The van der Waals surface area contributed by atoms with Crippen molar-refractivity contribution in [1.82, 2.24) is 10.3 Å². The monoisotopic (exact) mass is 780 g/mol. The minimum absolute atomic E-state index is 0.107. The van der Waals surface area contributed by atoms with Crippen LogP contribution in [0.25, 0.3) is 0 Å². The van der Waals surface area contributed by atoms with E-state index in [1.165, 1.54) is 16.3 Å². The minimum atomic E-state index is -4.16. The zero-order valence-corrected chi connectivity index (χ0v) is 30.9. The number of thioether (sulfide) groups is 1. The van der Waals surface area contributed by atoms with Gasteiger partial charge in [0.05, 0.1) is 18.6 Å². The van der Waals surface area contributed by atoms with Crippen LogP contribution in [0.3, 0.4) is 0 Å². The number of hydrogen-bond acceptors (Lipinski definition) is 13. The number of rotatable bonds is 12. The summed E-state index contributed by atoms with van der Waals surface area (Å²) >= 11 is 2.59. The third kappa shape index (κ3) is 9.79. The number of carbonyl (C=O) groups is 3. The van der Waals surface area contributed by atoms with Gasteiger partial charge in [-0.05, 0) is 17.2 Å². The van der Waals surface area contributed by atoms with Gasteiger partial charge >= 0.3 is 22.3 Å². The maximum absolute atomic E-state index is 13.9. The zero-order valence-electron chi connectivity index (χ0n) is 28.5. The third-order valence-electron chi connectivity index (χ3n) is 7.89. The lowest BCUT2D eigenvalue weighted by Gasteiger charge is -2.36. The lowest BCUT2D eigenvalue weighted by Crippen LogP contribution is -2.70. The first kappa shape index (κ1) is 38.9. The van der Waals surface area contributed by atoms with Crippen LogP contribution in [0.15, 0.2) is 108 Å². The van der Waals surface area contributed by atoms with Crippen molar-refractivity contribution in [3.63, 3.8) is 0 Å². The fourth-order valence-electron chi connectivity index (χ4n) is 5.38. The van der Waals surface area contributed by atoms with E-state index >= 15 is 0 Å². The highest BCUT2D eigenvalue weighted by Gasteiger charge is 2.62. The molecule has 2 amide bonds. The van der Waals surface area contributed by atoms with Crippen molar-refractivity contribution < 1.29 is 50.3 Å². The Balaban J connectivity index is 0.000000833. The van der Waals surface area contributed by atoms with E-state index < -0.39 is 51.6 Å². The Hall–Kier alpha value is -5.27. The predicted molar refractivity (Wildman–Crippen MR) is 197 cm³/mol. The van der Waals surface area contributed by atoms with Crippen molar-refractivity contribution >= 4 is 67.8 Å². The maximum atomic E-state index is 13.9. The Morgan fingerprint density at radius 3 is 2.32 bits per heavy atom. The number of nitrogens with one attached hydrogen (secondary N) is 1. The number of nitrogens with zero attached hydrogens (tertiary/aromatic N) is 4. The quantitative estimate of drug-likeness (QED) is 0.0361. The molecule has 18 heteroatoms. The number of anilines is 1. The van der Waals surface area contributed by atoms with E-state index in [2.05, 4.69) is 26.2 Å². The number of thiazole rings is 1. The highest BCUT2D eigenvalue weighted by atomic mass is 32.3. The smallest absolute Gasteiger partial charge is 0.418 e. The summed E-state index contributed by atoms with van der Waals surface area (Å²) in [7, 11) is -1.41. The Kier molecular flexibility index (Phi) is 12.9. The molecule has 0 aliphatic carbocycles. The molecule has 6 rings (SSSR count). The first-order valence-corrected chi connectivity index (χ1v) is 19.1. The maximum Gasteiger partial charge on any atom is 0.418 e. The first-order chi connectivity index (χ1) is 25.4. The number of allylic oxidation sites excluding steroid dienone is 1. The SMILES string of the molecule is C=CC1CS[C@H]2C(NC(=O)C(=NOCc3ccc[n+](C)c3)c3csc(N)n3)C(=O)[N+]2=C1C(=O)OC(c1ccccc1)c1ccccc1.COS(=O)(=O)O. The summed E-state index contributed by atoms with van der Waals surface area (Å²) < 4.78 is 39.1. The number of amides is 2. The molecule has 4 heterocycles. The van der Waals surface area contributed by atoms with Crippen molar-refractivity contribution in [3.8, 4) is 0 Å². The lowest BCUT2D eigenvalue weighted by molar-refractivity contribution is -0.672. The van der Waals surface area contributed by atoms with E-state index in [0.29, 0.717) is 5.75 Å². The normalized spacial score (nSPS) is 18.2. The molecule has 2 unspecified atom stereocenters. The first-order valence-electron chi connectivity index (χ1n) is 15.8. The molecule has 53 heavy (non-hydrogen) atoms. The molecule has 4 aromatic rings. The van der Waals surface area contributed by atoms with E-state index in [9.17, 15) is 22.8 Å². The second-order valence-corrected chi connectivity index (χ2v) is 14.7. The van der Waals surface area contributed by atoms with E-state index in [4.69, 9.17) is 19.9 Å². The molecule has 0 saturated carbocycles. The number of carbonyl (C=O) groups excluding carboxylic acids is 3. The number of benzene rings is 2. The molecule has 1 saturated heterocycles. The summed E-state index contributed by atoms with van der Waals surface area (Å²) in [6, 6.07) is 21.7. The highest BCUT2D eigenvalue weighted by Crippen LogP contribution is 2.35. The van der Waals surface area contributed by atoms with Gasteiger partial charge in [-0.3, -0.25) is 13.5 Å². The number of pyridine rings is 1. The number of oxime groups is 1. The predicted octanol–water partition coefficient (Wildman–Crippen LogP) is 2.59. The van der Waals surface area contributed by atoms with E-state index in [1.807, 2.05) is 96.8 Å². The number of hydrogen-bond donors (Lipinski definition) is 3. The zero-order chi connectivity index (χ0) is 38.1. The van der Waals surface area contributed by atoms with Crippen molar-refractivity contribution in [2.24, 2.45) is 18.1 Å². The number of esters is 1. The van der Waals surface area contributed by atoms with Crippen LogP contribution in [0.4, 0.5) is 5.13 Å². The molecule has 2 aliphatic rings. The number of fused-ring (bicyclic) bond motifs is 1. The van der Waals surface area contributed by atoms with Crippen molar-refractivity contribution in [1.29, 1.82) is 0 Å². The van der Waals surface area contributed by atoms with Gasteiger partial charge in [0.25, 0.3) is 11.6 Å². The van der Waals surface area contributed by atoms with Gasteiger partial charge < -0.3 is 20.6 Å². The van der Waals surface area contributed by atoms with Crippen LogP contribution in [0.2, 0.25) is 0 Å². The molecule has 4 N–H and O–H groups in total. The van der Waals surface area contributed by atoms with Gasteiger partial charge in [-0.25, -0.2) is 19.1 Å². The number of ether oxygens (including phenoxy) is 1. The Morgan fingerprint density at radius 2 is 1.77 bits per heavy atom. The van der Waals surface area contributed by atoms with Crippen LogP contribution in [-0.2, 0) is 52.2 Å². The molecule has 276 valence electrons. The standard InChI is InChI=1S/C34H31N6O5S2.CH4O4S/c1-3-22-19-46-32-27(37-30(41)26(25-20-47-34(35)36-25)38-44-18-21-11-10-16-39(2)17-21)31(42)40(32)28(22)33(43)45-29(23-12-6-4-7-13-23)24-14-8-5-9-15-24;1-5-6(2,3)4/h3-17,20,22,27,29,32H,1,18-19H2,2H3,(H2-,35,36,37,41);1H3,(H,2,3,4)/q+1;/p+1/t22?,27?,32-;/m0./s1. The van der Waals surface area contributed by atoms with Crippen LogP contribution in [0.1, 0.15) is 28.5 Å². The molecule has 2 aromatic carbocycles. The fraction of sp³-hybridized carbons (Fsp3) is 0.229. The summed E-state index contributed by atoms with van der Waals surface area (Å²) in [5.41, 5.74) is 8.56. The number of aryl methyl sites for hydroxylation is 1. The van der Waals surface area contributed by atoms with Crippen LogP contribution >= 0.6 is 23.1 Å². The average molecular weight is 781 g/mol. The van der Waals surface area contributed by atoms with Crippen LogP contribution in [0, 0.1) is 5.92 Å². The molecule has 15 nitrogen and oxygen atoms in total. The lowest BCUT2D eigenvalue weighted by atomic mass is 9.98. The van der Waals surface area contributed by atoms with Crippen molar-refractivity contribution in [2.45, 2.75) is 24.1 Å². The van der Waals surface area contributed by atoms with Gasteiger partial charge in [-0.1, -0.05) is 83.7 Å². The summed E-state index contributed by atoms with van der Waals surface area (Å²) in [6.07, 6.45) is 4.71. The number of nitrogens with two attached hydrogens (primary N) is 1. The van der Waals surface area contributed by atoms with Gasteiger partial charge in [0.15, 0.2) is 29.3 Å². The average Bonchev–Trinajstić information content (AvgIpc) is 3.59. The molecule has 1 fully saturated rings. The molecule has 0 radical (unpaired) electrons. The van der Waals surface area contributed by atoms with Crippen LogP contribution in [-0.4, -0.2) is 76.0 Å². The molecule has 2 aromatic heterocycles. The fourth-order valence-corrected chi connectivity index (χ4v) is 7.37. The van der Waals surface area contributed by atoms with E-state index in [-0.39, 0.29) is 28.9 Å². The van der Waals surface area contributed by atoms with E-state index in [0.717, 1.165) is 35.1 Å². The third-order valence-corrected chi connectivity index (χ3v) is 10.4. The Labute approximate surface area is 313 Å². The number of β-lactam (4-membered cyclic amide) rings is 1. The Bertz CT molecular complexity index is 2100. The summed E-state index contributed by atoms with van der Waals surface area (Å²) in [6.45, 7) is 4.01. The molecule has 3 atom stereocenters.